The summed E-state index contributed by atoms with van der Waals surface area (Å²) >= 11 is 6.03. The summed E-state index contributed by atoms with van der Waals surface area (Å²) in [7, 11) is 0. The van der Waals surface area contributed by atoms with Crippen LogP contribution in [0.1, 0.15) is 44.6 Å². The molecule has 176 valence electrons. The van der Waals surface area contributed by atoms with Crippen LogP contribution in [0, 0.1) is 0 Å². The van der Waals surface area contributed by atoms with Gasteiger partial charge in [0.1, 0.15) is 5.82 Å². The highest BCUT2D eigenvalue weighted by molar-refractivity contribution is 6.31. The molecule has 1 atom stereocenters. The first-order valence-corrected chi connectivity index (χ1v) is 10.9. The summed E-state index contributed by atoms with van der Waals surface area (Å²) in [5.74, 6) is 0.338. The molecule has 1 N–H and O–H groups in total. The molecular formula is C23H24ClF3N4O2. The molecule has 1 heterocycles. The van der Waals surface area contributed by atoms with Crippen LogP contribution in [0.25, 0.3) is 10.9 Å². The Morgan fingerprint density at radius 3 is 2.55 bits per heavy atom. The Morgan fingerprint density at radius 1 is 1.21 bits per heavy atom. The van der Waals surface area contributed by atoms with Gasteiger partial charge in [-0.2, -0.15) is 13.2 Å². The summed E-state index contributed by atoms with van der Waals surface area (Å²) in [6.07, 6.45) is -4.06. The fourth-order valence-electron chi connectivity index (χ4n) is 3.71. The van der Waals surface area contributed by atoms with Crippen molar-refractivity contribution in [3.8, 4) is 0 Å². The number of alkyl halides is 3. The summed E-state index contributed by atoms with van der Waals surface area (Å²) in [6, 6.07) is 8.18. The van der Waals surface area contributed by atoms with Gasteiger partial charge in [0, 0.05) is 18.1 Å². The van der Waals surface area contributed by atoms with E-state index in [1.54, 1.807) is 26.0 Å². The molecule has 0 fully saturated rings. The predicted octanol–water partition coefficient (Wildman–Crippen LogP) is 6.09. The maximum Gasteiger partial charge on any atom is 0.418 e. The third kappa shape index (κ3) is 5.13. The summed E-state index contributed by atoms with van der Waals surface area (Å²) in [5.41, 5.74) is -1.15. The van der Waals surface area contributed by atoms with Crippen LogP contribution in [-0.2, 0) is 12.7 Å². The molecular weight excluding hydrogens is 457 g/mol. The summed E-state index contributed by atoms with van der Waals surface area (Å²) < 4.78 is 41.6. The Bertz CT molecular complexity index is 1230. The van der Waals surface area contributed by atoms with Crippen molar-refractivity contribution in [2.24, 2.45) is 0 Å². The molecule has 3 aromatic rings. The highest BCUT2D eigenvalue weighted by Gasteiger charge is 2.34. The van der Waals surface area contributed by atoms with E-state index in [-0.39, 0.29) is 17.8 Å². The number of fused-ring (bicyclic) bond motifs is 1. The van der Waals surface area contributed by atoms with E-state index in [1.807, 2.05) is 6.92 Å². The second-order valence-corrected chi connectivity index (χ2v) is 7.96. The number of hydrogen-bond donors (Lipinski definition) is 1. The molecule has 0 saturated carbocycles. The van der Waals surface area contributed by atoms with Gasteiger partial charge in [0.25, 0.3) is 5.56 Å². The zero-order valence-electron chi connectivity index (χ0n) is 18.4. The number of hydrogen-bond acceptors (Lipinski definition) is 3. The lowest BCUT2D eigenvalue weighted by Crippen LogP contribution is -2.40. The number of anilines is 1. The van der Waals surface area contributed by atoms with Crippen molar-refractivity contribution in [2.45, 2.75) is 46.0 Å². The summed E-state index contributed by atoms with van der Waals surface area (Å²) in [6.45, 7) is 5.87. The van der Waals surface area contributed by atoms with Crippen LogP contribution in [0.5, 0.6) is 0 Å². The molecule has 0 radical (unpaired) electrons. The van der Waals surface area contributed by atoms with Crippen molar-refractivity contribution in [1.82, 2.24) is 14.5 Å². The van der Waals surface area contributed by atoms with Crippen molar-refractivity contribution >= 4 is 34.2 Å². The minimum atomic E-state index is -4.62. The van der Waals surface area contributed by atoms with Gasteiger partial charge in [0.05, 0.1) is 28.2 Å². The first-order valence-electron chi connectivity index (χ1n) is 10.5. The number of carbonyl (C=O) groups excluding carboxylic acids is 1. The van der Waals surface area contributed by atoms with Gasteiger partial charge in [-0.1, -0.05) is 30.7 Å². The molecule has 2 amide bonds. The Morgan fingerprint density at radius 2 is 1.91 bits per heavy atom. The third-order valence-electron chi connectivity index (χ3n) is 5.30. The Labute approximate surface area is 194 Å². The largest absolute Gasteiger partial charge is 0.418 e. The molecule has 6 nitrogen and oxygen atoms in total. The minimum absolute atomic E-state index is 0.249. The number of halogens is 4. The molecule has 0 aliphatic carbocycles. The van der Waals surface area contributed by atoms with Crippen LogP contribution in [0.4, 0.5) is 23.7 Å². The van der Waals surface area contributed by atoms with Crippen LogP contribution in [0.2, 0.25) is 5.02 Å². The van der Waals surface area contributed by atoms with Crippen LogP contribution < -0.4 is 10.9 Å². The van der Waals surface area contributed by atoms with E-state index in [2.05, 4.69) is 10.3 Å². The highest BCUT2D eigenvalue weighted by Crippen LogP contribution is 2.35. The highest BCUT2D eigenvalue weighted by atomic mass is 35.5. The van der Waals surface area contributed by atoms with Gasteiger partial charge in [0.2, 0.25) is 0 Å². The molecule has 1 aromatic heterocycles. The number of carbonyl (C=O) groups is 1. The molecule has 0 aliphatic rings. The summed E-state index contributed by atoms with van der Waals surface area (Å²) in [4.78, 5) is 32.1. The molecule has 1 unspecified atom stereocenters. The monoisotopic (exact) mass is 480 g/mol. The first-order chi connectivity index (χ1) is 15.6. The van der Waals surface area contributed by atoms with E-state index in [0.29, 0.717) is 34.7 Å². The average molecular weight is 481 g/mol. The zero-order valence-corrected chi connectivity index (χ0v) is 19.2. The second-order valence-electron chi connectivity index (χ2n) is 7.52. The molecule has 10 heteroatoms. The number of para-hydroxylation sites is 1. The van der Waals surface area contributed by atoms with Crippen molar-refractivity contribution in [3.63, 3.8) is 0 Å². The molecule has 0 aliphatic heterocycles. The van der Waals surface area contributed by atoms with Gasteiger partial charge in [-0.25, -0.2) is 9.78 Å². The van der Waals surface area contributed by atoms with Gasteiger partial charge in [-0.15, -0.1) is 0 Å². The normalized spacial score (nSPS) is 12.6. The number of rotatable bonds is 6. The molecule has 0 bridgehead atoms. The maximum atomic E-state index is 13.4. The zero-order chi connectivity index (χ0) is 24.3. The van der Waals surface area contributed by atoms with E-state index in [1.165, 1.54) is 33.7 Å². The van der Waals surface area contributed by atoms with Crippen LogP contribution in [-0.4, -0.2) is 27.0 Å². The smallest absolute Gasteiger partial charge is 0.315 e. The van der Waals surface area contributed by atoms with E-state index in [4.69, 9.17) is 11.6 Å². The molecule has 3 rings (SSSR count). The van der Waals surface area contributed by atoms with E-state index >= 15 is 0 Å². The molecule has 0 saturated heterocycles. The number of amides is 2. The second kappa shape index (κ2) is 9.82. The van der Waals surface area contributed by atoms with Crippen molar-refractivity contribution < 1.29 is 18.0 Å². The van der Waals surface area contributed by atoms with E-state index in [0.717, 1.165) is 6.07 Å². The summed E-state index contributed by atoms with van der Waals surface area (Å²) in [5, 5.41) is 3.14. The van der Waals surface area contributed by atoms with Crippen LogP contribution >= 0.6 is 11.6 Å². The van der Waals surface area contributed by atoms with Crippen molar-refractivity contribution in [1.29, 1.82) is 0 Å². The van der Waals surface area contributed by atoms with Gasteiger partial charge in [0.15, 0.2) is 0 Å². The minimum Gasteiger partial charge on any atom is -0.315 e. The molecule has 2 aromatic carbocycles. The number of urea groups is 1. The third-order valence-corrected chi connectivity index (χ3v) is 5.54. The van der Waals surface area contributed by atoms with E-state index in [9.17, 15) is 22.8 Å². The number of benzene rings is 2. The fourth-order valence-corrected chi connectivity index (χ4v) is 3.88. The van der Waals surface area contributed by atoms with Gasteiger partial charge in [-0.05, 0) is 50.6 Å². The van der Waals surface area contributed by atoms with E-state index < -0.39 is 23.8 Å². The van der Waals surface area contributed by atoms with Crippen molar-refractivity contribution in [2.75, 3.05) is 11.9 Å². The topological polar surface area (TPSA) is 67.2 Å². The van der Waals surface area contributed by atoms with Crippen molar-refractivity contribution in [3.05, 3.63) is 69.2 Å². The lowest BCUT2D eigenvalue weighted by Gasteiger charge is -2.30. The molecule has 0 spiro atoms. The Kier molecular flexibility index (Phi) is 7.31. The van der Waals surface area contributed by atoms with Gasteiger partial charge >= 0.3 is 12.2 Å². The number of nitrogens with zero attached hydrogens (tertiary/aromatic N) is 3. The predicted molar refractivity (Wildman–Crippen MR) is 123 cm³/mol. The lowest BCUT2D eigenvalue weighted by molar-refractivity contribution is -0.136. The van der Waals surface area contributed by atoms with Crippen LogP contribution in [0.3, 0.4) is 0 Å². The molecule has 33 heavy (non-hydrogen) atoms. The SMILES string of the molecule is CCCN(C(=O)Nc1ccccc1C(F)(F)F)C(C)c1nc2ccc(Cl)cc2c(=O)n1CC. The average Bonchev–Trinajstić information content (AvgIpc) is 2.77. The number of nitrogens with one attached hydrogen (secondary N) is 1. The standard InChI is InChI=1S/C23H24ClF3N4O2/c1-4-12-31(22(33)29-19-9-7-6-8-17(19)23(25,26)27)14(3)20-28-18-11-10-15(24)13-16(18)21(32)30(20)5-2/h6-11,13-14H,4-5,12H2,1-3H3,(H,29,33). The van der Waals surface area contributed by atoms with Gasteiger partial charge < -0.3 is 10.2 Å². The maximum absolute atomic E-state index is 13.4. The van der Waals surface area contributed by atoms with Gasteiger partial charge in [-0.3, -0.25) is 9.36 Å². The van der Waals surface area contributed by atoms with Crippen LogP contribution in [0.15, 0.2) is 47.3 Å². The first kappa shape index (κ1) is 24.6. The lowest BCUT2D eigenvalue weighted by atomic mass is 10.1. The number of aromatic nitrogens is 2. The fraction of sp³-hybridized carbons (Fsp3) is 0.348. The Hall–Kier alpha value is -3.07. The quantitative estimate of drug-likeness (QED) is 0.464. The Balaban J connectivity index is 2.03.